The lowest BCUT2D eigenvalue weighted by Crippen LogP contribution is -2.35. The van der Waals surface area contributed by atoms with Crippen LogP contribution in [0, 0.1) is 0 Å². The maximum atomic E-state index is 5.95. The number of nitrogens with one attached hydrogen (secondary N) is 1. The monoisotopic (exact) mass is 231 g/mol. The first-order valence-corrected chi connectivity index (χ1v) is 6.24. The Labute approximate surface area is 104 Å². The van der Waals surface area contributed by atoms with Gasteiger partial charge in [0.2, 0.25) is 0 Å². The van der Waals surface area contributed by atoms with Crippen LogP contribution in [0.5, 0.6) is 0 Å². The highest BCUT2D eigenvalue weighted by molar-refractivity contribution is 5.33. The fraction of sp³-hybridized carbons (Fsp3) is 0.467. The van der Waals surface area contributed by atoms with Crippen LogP contribution in [0.2, 0.25) is 0 Å². The first-order chi connectivity index (χ1) is 8.22. The molecule has 92 valence electrons. The second kappa shape index (κ2) is 5.48. The third-order valence-electron chi connectivity index (χ3n) is 3.20. The third-order valence-corrected chi connectivity index (χ3v) is 3.20. The van der Waals surface area contributed by atoms with Gasteiger partial charge in [0.1, 0.15) is 6.10 Å². The molecule has 1 aliphatic rings. The molecule has 0 radical (unpaired) electrons. The van der Waals surface area contributed by atoms with Crippen molar-refractivity contribution in [2.75, 3.05) is 13.7 Å². The summed E-state index contributed by atoms with van der Waals surface area (Å²) in [6.07, 6.45) is 3.41. The van der Waals surface area contributed by atoms with Crippen molar-refractivity contribution < 1.29 is 4.74 Å². The average Bonchev–Trinajstić information content (AvgIpc) is 2.35. The van der Waals surface area contributed by atoms with Crippen LogP contribution in [0.15, 0.2) is 35.9 Å². The molecule has 0 spiro atoms. The number of allylic oxidation sites excluding steroid dienone is 1. The van der Waals surface area contributed by atoms with E-state index in [0.717, 1.165) is 13.0 Å². The number of hydrogen-bond donors (Lipinski definition) is 1. The van der Waals surface area contributed by atoms with Gasteiger partial charge in [-0.05, 0) is 38.4 Å². The minimum atomic E-state index is 0.139. The van der Waals surface area contributed by atoms with Gasteiger partial charge in [-0.15, -0.1) is 0 Å². The number of likely N-dealkylation sites (N-methyl/N-ethyl adjacent to an activating group) is 1. The molecule has 1 aromatic rings. The maximum Gasteiger partial charge on any atom is 0.102 e. The summed E-state index contributed by atoms with van der Waals surface area (Å²) in [6.45, 7) is 5.06. The van der Waals surface area contributed by atoms with E-state index in [1.165, 1.54) is 16.7 Å². The van der Waals surface area contributed by atoms with Gasteiger partial charge in [0, 0.05) is 0 Å². The van der Waals surface area contributed by atoms with Crippen LogP contribution in [-0.4, -0.2) is 19.7 Å². The second-order valence-electron chi connectivity index (χ2n) is 4.80. The Morgan fingerprint density at radius 2 is 2.18 bits per heavy atom. The minimum Gasteiger partial charge on any atom is -0.371 e. The van der Waals surface area contributed by atoms with Gasteiger partial charge in [0.15, 0.2) is 0 Å². The summed E-state index contributed by atoms with van der Waals surface area (Å²) < 4.78 is 5.95. The van der Waals surface area contributed by atoms with E-state index in [1.54, 1.807) is 0 Å². The van der Waals surface area contributed by atoms with Crippen molar-refractivity contribution in [3.8, 4) is 0 Å². The van der Waals surface area contributed by atoms with E-state index in [2.05, 4.69) is 49.5 Å². The normalized spacial score (nSPS) is 20.5. The van der Waals surface area contributed by atoms with E-state index in [-0.39, 0.29) is 12.1 Å². The van der Waals surface area contributed by atoms with Crippen molar-refractivity contribution in [1.82, 2.24) is 5.32 Å². The van der Waals surface area contributed by atoms with Gasteiger partial charge >= 0.3 is 0 Å². The zero-order valence-electron chi connectivity index (χ0n) is 10.9. The van der Waals surface area contributed by atoms with Gasteiger partial charge in [0.05, 0.1) is 12.6 Å². The molecule has 17 heavy (non-hydrogen) atoms. The van der Waals surface area contributed by atoms with Crippen molar-refractivity contribution in [2.24, 2.45) is 0 Å². The molecular weight excluding hydrogens is 210 g/mol. The summed E-state index contributed by atoms with van der Waals surface area (Å²) in [5.41, 5.74) is 4.07. The van der Waals surface area contributed by atoms with Crippen LogP contribution < -0.4 is 5.32 Å². The molecule has 1 heterocycles. The van der Waals surface area contributed by atoms with E-state index in [1.807, 2.05) is 7.05 Å². The largest absolute Gasteiger partial charge is 0.371 e. The van der Waals surface area contributed by atoms with Gasteiger partial charge in [-0.3, -0.25) is 0 Å². The number of benzene rings is 1. The number of ether oxygens (including phenoxy) is 1. The molecule has 2 rings (SSSR count). The lowest BCUT2D eigenvalue weighted by Gasteiger charge is -2.31. The van der Waals surface area contributed by atoms with Crippen molar-refractivity contribution >= 4 is 0 Å². The van der Waals surface area contributed by atoms with E-state index >= 15 is 0 Å². The molecule has 0 aliphatic carbocycles. The van der Waals surface area contributed by atoms with Crippen LogP contribution in [0.3, 0.4) is 0 Å². The van der Waals surface area contributed by atoms with Crippen molar-refractivity contribution in [3.63, 3.8) is 0 Å². The van der Waals surface area contributed by atoms with Crippen molar-refractivity contribution in [2.45, 2.75) is 32.4 Å². The van der Waals surface area contributed by atoms with Crippen LogP contribution in [0.25, 0.3) is 0 Å². The van der Waals surface area contributed by atoms with E-state index in [0.29, 0.717) is 0 Å². The average molecular weight is 231 g/mol. The zero-order chi connectivity index (χ0) is 12.3. The van der Waals surface area contributed by atoms with Gasteiger partial charge in [-0.25, -0.2) is 0 Å². The highest BCUT2D eigenvalue weighted by Crippen LogP contribution is 2.30. The predicted octanol–water partition coefficient (Wildman–Crippen LogP) is 2.85. The van der Waals surface area contributed by atoms with E-state index in [4.69, 9.17) is 4.74 Å². The fourth-order valence-corrected chi connectivity index (χ4v) is 2.40. The lowest BCUT2D eigenvalue weighted by atomic mass is 9.92. The Kier molecular flexibility index (Phi) is 3.97. The number of rotatable bonds is 3. The van der Waals surface area contributed by atoms with Crippen molar-refractivity contribution in [1.29, 1.82) is 0 Å². The summed E-state index contributed by atoms with van der Waals surface area (Å²) in [6, 6.07) is 8.84. The molecule has 0 fully saturated rings. The Bertz CT molecular complexity index is 407. The SMILES string of the molecule is CNC(C=C(C)C)C1OCCc2ccccc21. The third kappa shape index (κ3) is 2.76. The summed E-state index contributed by atoms with van der Waals surface area (Å²) in [5, 5.41) is 3.34. The first-order valence-electron chi connectivity index (χ1n) is 6.24. The van der Waals surface area contributed by atoms with Crippen molar-refractivity contribution in [3.05, 3.63) is 47.0 Å². The molecule has 2 nitrogen and oxygen atoms in total. The van der Waals surface area contributed by atoms with Crippen LogP contribution >= 0.6 is 0 Å². The molecule has 0 saturated heterocycles. The molecular formula is C15H21NO. The quantitative estimate of drug-likeness (QED) is 0.808. The Balaban J connectivity index is 2.31. The highest BCUT2D eigenvalue weighted by atomic mass is 16.5. The molecule has 0 amide bonds. The molecule has 1 N–H and O–H groups in total. The molecule has 1 aliphatic heterocycles. The molecule has 2 atom stereocenters. The fourth-order valence-electron chi connectivity index (χ4n) is 2.40. The Morgan fingerprint density at radius 3 is 2.88 bits per heavy atom. The highest BCUT2D eigenvalue weighted by Gasteiger charge is 2.26. The topological polar surface area (TPSA) is 21.3 Å². The van der Waals surface area contributed by atoms with Gasteiger partial charge in [0.25, 0.3) is 0 Å². The minimum absolute atomic E-state index is 0.139. The molecule has 0 saturated carbocycles. The standard InChI is InChI=1S/C15H21NO/c1-11(2)10-14(16-3)15-13-7-5-4-6-12(13)8-9-17-15/h4-7,10,14-16H,8-9H2,1-3H3. The Morgan fingerprint density at radius 1 is 1.41 bits per heavy atom. The second-order valence-corrected chi connectivity index (χ2v) is 4.80. The van der Waals surface area contributed by atoms with Crippen LogP contribution in [-0.2, 0) is 11.2 Å². The molecule has 0 bridgehead atoms. The smallest absolute Gasteiger partial charge is 0.102 e. The van der Waals surface area contributed by atoms with Gasteiger partial charge < -0.3 is 10.1 Å². The van der Waals surface area contributed by atoms with Crippen LogP contribution in [0.1, 0.15) is 31.1 Å². The molecule has 2 unspecified atom stereocenters. The van der Waals surface area contributed by atoms with Crippen LogP contribution in [0.4, 0.5) is 0 Å². The zero-order valence-corrected chi connectivity index (χ0v) is 10.9. The van der Waals surface area contributed by atoms with Gasteiger partial charge in [-0.2, -0.15) is 0 Å². The summed E-state index contributed by atoms with van der Waals surface area (Å²) in [4.78, 5) is 0. The first kappa shape index (κ1) is 12.3. The predicted molar refractivity (Wildman–Crippen MR) is 71.1 cm³/mol. The van der Waals surface area contributed by atoms with E-state index in [9.17, 15) is 0 Å². The summed E-state index contributed by atoms with van der Waals surface area (Å²) >= 11 is 0. The number of hydrogen-bond acceptors (Lipinski definition) is 2. The molecule has 2 heteroatoms. The molecule has 1 aromatic carbocycles. The lowest BCUT2D eigenvalue weighted by molar-refractivity contribution is 0.0277. The van der Waals surface area contributed by atoms with E-state index < -0.39 is 0 Å². The molecule has 0 aromatic heterocycles. The summed E-state index contributed by atoms with van der Waals surface area (Å²) in [7, 11) is 1.99. The van der Waals surface area contributed by atoms with Gasteiger partial charge in [-0.1, -0.05) is 35.9 Å². The summed E-state index contributed by atoms with van der Waals surface area (Å²) in [5.74, 6) is 0. The maximum absolute atomic E-state index is 5.95. The number of fused-ring (bicyclic) bond motifs is 1. The Hall–Kier alpha value is -1.12.